The van der Waals surface area contributed by atoms with Crippen LogP contribution in [0.3, 0.4) is 0 Å². The molecule has 0 N–H and O–H groups in total. The maximum Gasteiger partial charge on any atom is 0.266 e. The highest BCUT2D eigenvalue weighted by atomic mass is 28.3. The molecule has 0 saturated carbocycles. The minimum atomic E-state index is -0.611. The number of benzene rings is 1. The molecule has 0 aromatic heterocycles. The molecule has 91 valence electrons. The molecule has 2 nitrogen and oxygen atoms in total. The van der Waals surface area contributed by atoms with E-state index in [1.807, 2.05) is 0 Å². The van der Waals surface area contributed by atoms with Gasteiger partial charge in [-0.1, -0.05) is 30.3 Å². The molecule has 0 unspecified atom stereocenters. The van der Waals surface area contributed by atoms with Crippen molar-refractivity contribution in [1.29, 1.82) is 0 Å². The van der Waals surface area contributed by atoms with E-state index in [1.165, 1.54) is 51.9 Å². The van der Waals surface area contributed by atoms with Crippen LogP contribution >= 0.6 is 0 Å². The van der Waals surface area contributed by atoms with Crippen LogP contribution in [-0.4, -0.2) is 44.4 Å². The zero-order valence-corrected chi connectivity index (χ0v) is 11.4. The van der Waals surface area contributed by atoms with Crippen LogP contribution in [-0.2, 0) is 0 Å². The molecular formula is C14H21N2Si. The Bertz CT molecular complexity index is 326. The Morgan fingerprint density at radius 1 is 0.706 bits per heavy atom. The summed E-state index contributed by atoms with van der Waals surface area (Å²) in [6.45, 7) is 5.28. The van der Waals surface area contributed by atoms with Gasteiger partial charge >= 0.3 is 0 Å². The Hall–Kier alpha value is -0.643. The first kappa shape index (κ1) is 11.4. The summed E-state index contributed by atoms with van der Waals surface area (Å²) in [6, 6.07) is 11.2. The van der Waals surface area contributed by atoms with Gasteiger partial charge < -0.3 is 9.13 Å². The second-order valence-corrected chi connectivity index (χ2v) is 7.57. The molecule has 0 aliphatic carbocycles. The van der Waals surface area contributed by atoms with Gasteiger partial charge in [0, 0.05) is 0 Å². The Labute approximate surface area is 106 Å². The van der Waals surface area contributed by atoms with Gasteiger partial charge in [0.15, 0.2) is 0 Å². The molecule has 2 aliphatic heterocycles. The van der Waals surface area contributed by atoms with Gasteiger partial charge in [-0.3, -0.25) is 0 Å². The monoisotopic (exact) mass is 245 g/mol. The fourth-order valence-corrected chi connectivity index (χ4v) is 6.11. The summed E-state index contributed by atoms with van der Waals surface area (Å²) < 4.78 is 5.54. The maximum atomic E-state index is 2.77. The lowest BCUT2D eigenvalue weighted by molar-refractivity contribution is 0.436. The van der Waals surface area contributed by atoms with Crippen molar-refractivity contribution in [3.63, 3.8) is 0 Å². The van der Waals surface area contributed by atoms with Crippen LogP contribution in [0.4, 0.5) is 0 Å². The van der Waals surface area contributed by atoms with Crippen molar-refractivity contribution in [3.8, 4) is 0 Å². The highest BCUT2D eigenvalue weighted by molar-refractivity contribution is 6.68. The molecule has 2 saturated heterocycles. The first-order valence-electron chi connectivity index (χ1n) is 6.87. The summed E-state index contributed by atoms with van der Waals surface area (Å²) in [5, 5.41) is 1.58. The Morgan fingerprint density at radius 3 is 1.65 bits per heavy atom. The van der Waals surface area contributed by atoms with Gasteiger partial charge in [0.05, 0.1) is 0 Å². The van der Waals surface area contributed by atoms with E-state index < -0.39 is 9.12 Å². The van der Waals surface area contributed by atoms with Crippen molar-refractivity contribution in [2.24, 2.45) is 0 Å². The molecule has 2 fully saturated rings. The normalized spacial score (nSPS) is 22.6. The van der Waals surface area contributed by atoms with Crippen LogP contribution in [0, 0.1) is 0 Å². The summed E-state index contributed by atoms with van der Waals surface area (Å²) in [5.74, 6) is 0. The summed E-state index contributed by atoms with van der Waals surface area (Å²) >= 11 is 0. The largest absolute Gasteiger partial charge is 0.308 e. The van der Waals surface area contributed by atoms with Crippen molar-refractivity contribution < 1.29 is 0 Å². The van der Waals surface area contributed by atoms with Crippen molar-refractivity contribution in [2.75, 3.05) is 26.2 Å². The van der Waals surface area contributed by atoms with Gasteiger partial charge in [-0.05, 0) is 57.0 Å². The Morgan fingerprint density at radius 2 is 1.18 bits per heavy atom. The SMILES string of the molecule is c1ccc([Si](N2CCCC2)N2CCCC2)cc1. The summed E-state index contributed by atoms with van der Waals surface area (Å²) in [4.78, 5) is 0. The summed E-state index contributed by atoms with van der Waals surface area (Å²) in [7, 11) is -0.611. The van der Waals surface area contributed by atoms with Crippen molar-refractivity contribution >= 4 is 14.3 Å². The molecule has 17 heavy (non-hydrogen) atoms. The average Bonchev–Trinajstić information content (AvgIpc) is 3.04. The smallest absolute Gasteiger partial charge is 0.266 e. The molecule has 1 aromatic carbocycles. The highest BCUT2D eigenvalue weighted by Crippen LogP contribution is 2.16. The minimum Gasteiger partial charge on any atom is -0.308 e. The van der Waals surface area contributed by atoms with Gasteiger partial charge in [-0.2, -0.15) is 0 Å². The number of rotatable bonds is 3. The van der Waals surface area contributed by atoms with E-state index in [1.54, 1.807) is 5.19 Å². The zero-order valence-electron chi connectivity index (χ0n) is 10.4. The molecular weight excluding hydrogens is 224 g/mol. The molecule has 2 heterocycles. The molecule has 1 radical (unpaired) electrons. The first-order chi connectivity index (χ1) is 8.45. The third-order valence-electron chi connectivity index (χ3n) is 3.84. The van der Waals surface area contributed by atoms with Crippen LogP contribution in [0.25, 0.3) is 0 Å². The van der Waals surface area contributed by atoms with Gasteiger partial charge in [0.2, 0.25) is 0 Å². The predicted molar refractivity (Wildman–Crippen MR) is 73.4 cm³/mol. The minimum absolute atomic E-state index is 0.611. The van der Waals surface area contributed by atoms with Crippen LogP contribution in [0.15, 0.2) is 30.3 Å². The van der Waals surface area contributed by atoms with E-state index in [4.69, 9.17) is 0 Å². The van der Waals surface area contributed by atoms with Crippen LogP contribution in [0.5, 0.6) is 0 Å². The fraction of sp³-hybridized carbons (Fsp3) is 0.571. The van der Waals surface area contributed by atoms with E-state index in [-0.39, 0.29) is 0 Å². The average molecular weight is 245 g/mol. The Kier molecular flexibility index (Phi) is 3.59. The van der Waals surface area contributed by atoms with E-state index in [2.05, 4.69) is 39.5 Å². The van der Waals surface area contributed by atoms with E-state index in [9.17, 15) is 0 Å². The molecule has 3 heteroatoms. The third-order valence-corrected chi connectivity index (χ3v) is 6.79. The third kappa shape index (κ3) is 2.46. The van der Waals surface area contributed by atoms with E-state index in [0.717, 1.165) is 0 Å². The first-order valence-corrected chi connectivity index (χ1v) is 8.27. The maximum absolute atomic E-state index is 2.77. The van der Waals surface area contributed by atoms with Gasteiger partial charge in [-0.15, -0.1) is 0 Å². The van der Waals surface area contributed by atoms with Crippen molar-refractivity contribution in [1.82, 2.24) is 9.13 Å². The summed E-state index contributed by atoms with van der Waals surface area (Å²) in [5.41, 5.74) is 0. The molecule has 0 amide bonds. The van der Waals surface area contributed by atoms with Gasteiger partial charge in [-0.25, -0.2) is 0 Å². The van der Waals surface area contributed by atoms with Crippen LogP contribution in [0.1, 0.15) is 25.7 Å². The fourth-order valence-electron chi connectivity index (χ4n) is 3.01. The summed E-state index contributed by atoms with van der Waals surface area (Å²) in [6.07, 6.45) is 5.59. The van der Waals surface area contributed by atoms with Crippen LogP contribution < -0.4 is 5.19 Å². The quantitative estimate of drug-likeness (QED) is 0.746. The van der Waals surface area contributed by atoms with Crippen molar-refractivity contribution in [3.05, 3.63) is 30.3 Å². The lowest BCUT2D eigenvalue weighted by atomic mass is 10.4. The molecule has 1 aromatic rings. The number of hydrogen-bond donors (Lipinski definition) is 0. The second-order valence-electron chi connectivity index (χ2n) is 5.08. The molecule has 2 aliphatic rings. The second kappa shape index (κ2) is 5.34. The topological polar surface area (TPSA) is 6.48 Å². The molecule has 0 atom stereocenters. The van der Waals surface area contributed by atoms with Gasteiger partial charge in [0.1, 0.15) is 0 Å². The lowest BCUT2D eigenvalue weighted by Gasteiger charge is -2.32. The molecule has 0 bridgehead atoms. The molecule has 0 spiro atoms. The number of hydrogen-bond acceptors (Lipinski definition) is 2. The van der Waals surface area contributed by atoms with Crippen molar-refractivity contribution in [2.45, 2.75) is 25.7 Å². The Balaban J connectivity index is 1.84. The zero-order chi connectivity index (χ0) is 11.5. The van der Waals surface area contributed by atoms with Gasteiger partial charge in [0.25, 0.3) is 9.12 Å². The van der Waals surface area contributed by atoms with Crippen LogP contribution in [0.2, 0.25) is 0 Å². The van der Waals surface area contributed by atoms with E-state index >= 15 is 0 Å². The number of nitrogens with zero attached hydrogens (tertiary/aromatic N) is 2. The molecule has 3 rings (SSSR count). The predicted octanol–water partition coefficient (Wildman–Crippen LogP) is 1.57. The highest BCUT2D eigenvalue weighted by Gasteiger charge is 2.33. The van der Waals surface area contributed by atoms with E-state index in [0.29, 0.717) is 0 Å². The lowest BCUT2D eigenvalue weighted by Crippen LogP contribution is -2.58. The standard InChI is InChI=1S/C14H21N2Si/c1-2-8-14(9-3-1)17(15-10-4-5-11-15)16-12-6-7-13-16/h1-3,8-9H,4-7,10-13H2.